The van der Waals surface area contributed by atoms with Gasteiger partial charge in [0.05, 0.1) is 19.8 Å². The Kier molecular flexibility index (Phi) is 7.61. The second kappa shape index (κ2) is 10.2. The van der Waals surface area contributed by atoms with Crippen LogP contribution in [0.3, 0.4) is 0 Å². The first-order chi connectivity index (χ1) is 12.7. The molecule has 0 saturated carbocycles. The molecule has 0 unspecified atom stereocenters. The van der Waals surface area contributed by atoms with Crippen LogP contribution < -0.4 is 24.8 Å². The SMILES string of the molecule is CCOc1ccc(CNC(=O)Nc2ccc(OCC)c(OCC)c2)cc1. The molecule has 26 heavy (non-hydrogen) atoms. The van der Waals surface area contributed by atoms with Gasteiger partial charge in [-0.25, -0.2) is 4.79 Å². The van der Waals surface area contributed by atoms with E-state index in [9.17, 15) is 4.79 Å². The lowest BCUT2D eigenvalue weighted by Gasteiger charge is -2.13. The number of benzene rings is 2. The Balaban J connectivity index is 1.91. The van der Waals surface area contributed by atoms with Crippen LogP contribution in [-0.4, -0.2) is 25.9 Å². The molecule has 0 aliphatic rings. The minimum Gasteiger partial charge on any atom is -0.494 e. The minimum atomic E-state index is -0.287. The molecule has 0 heterocycles. The van der Waals surface area contributed by atoms with E-state index >= 15 is 0 Å². The first-order valence-corrected chi connectivity index (χ1v) is 8.82. The lowest BCUT2D eigenvalue weighted by Crippen LogP contribution is -2.28. The van der Waals surface area contributed by atoms with Gasteiger partial charge in [0, 0.05) is 18.3 Å². The average molecular weight is 358 g/mol. The third kappa shape index (κ3) is 5.88. The van der Waals surface area contributed by atoms with Crippen molar-refractivity contribution in [2.45, 2.75) is 27.3 Å². The summed E-state index contributed by atoms with van der Waals surface area (Å²) in [5, 5.41) is 5.63. The van der Waals surface area contributed by atoms with Crippen LogP contribution in [0.5, 0.6) is 17.2 Å². The molecule has 0 radical (unpaired) electrons. The molecule has 0 spiro atoms. The van der Waals surface area contributed by atoms with Crippen molar-refractivity contribution in [1.29, 1.82) is 0 Å². The summed E-state index contributed by atoms with van der Waals surface area (Å²) in [7, 11) is 0. The molecule has 2 rings (SSSR count). The van der Waals surface area contributed by atoms with E-state index in [0.29, 0.717) is 43.6 Å². The van der Waals surface area contributed by atoms with Crippen LogP contribution >= 0.6 is 0 Å². The Hall–Kier alpha value is -2.89. The number of ether oxygens (including phenoxy) is 3. The van der Waals surface area contributed by atoms with Crippen LogP contribution in [-0.2, 0) is 6.54 Å². The second-order valence-electron chi connectivity index (χ2n) is 5.41. The Labute approximate surface area is 154 Å². The molecule has 140 valence electrons. The van der Waals surface area contributed by atoms with Crippen LogP contribution in [0.25, 0.3) is 0 Å². The maximum Gasteiger partial charge on any atom is 0.319 e. The minimum absolute atomic E-state index is 0.287. The molecule has 0 saturated heterocycles. The highest BCUT2D eigenvalue weighted by Gasteiger charge is 2.08. The molecule has 2 amide bonds. The number of urea groups is 1. The summed E-state index contributed by atoms with van der Waals surface area (Å²) >= 11 is 0. The maximum atomic E-state index is 12.1. The smallest absolute Gasteiger partial charge is 0.319 e. The monoisotopic (exact) mass is 358 g/mol. The Morgan fingerprint density at radius 1 is 0.846 bits per heavy atom. The van der Waals surface area contributed by atoms with Crippen molar-refractivity contribution < 1.29 is 19.0 Å². The zero-order valence-corrected chi connectivity index (χ0v) is 15.5. The van der Waals surface area contributed by atoms with Gasteiger partial charge in [-0.1, -0.05) is 12.1 Å². The van der Waals surface area contributed by atoms with E-state index in [1.54, 1.807) is 18.2 Å². The number of carbonyl (C=O) groups excluding carboxylic acids is 1. The van der Waals surface area contributed by atoms with Crippen LogP contribution in [0, 0.1) is 0 Å². The Bertz CT molecular complexity index is 701. The van der Waals surface area contributed by atoms with Gasteiger partial charge in [-0.05, 0) is 50.6 Å². The van der Waals surface area contributed by atoms with E-state index in [1.807, 2.05) is 45.0 Å². The number of amides is 2. The summed E-state index contributed by atoms with van der Waals surface area (Å²) in [5.74, 6) is 2.09. The highest BCUT2D eigenvalue weighted by Crippen LogP contribution is 2.30. The van der Waals surface area contributed by atoms with Crippen molar-refractivity contribution in [3.63, 3.8) is 0 Å². The molecule has 0 aliphatic carbocycles. The first kappa shape index (κ1) is 19.4. The molecule has 2 N–H and O–H groups in total. The summed E-state index contributed by atoms with van der Waals surface area (Å²) < 4.78 is 16.5. The van der Waals surface area contributed by atoms with Crippen molar-refractivity contribution in [2.24, 2.45) is 0 Å². The Morgan fingerprint density at radius 2 is 1.50 bits per heavy atom. The molecule has 0 atom stereocenters. The fourth-order valence-corrected chi connectivity index (χ4v) is 2.36. The van der Waals surface area contributed by atoms with Crippen molar-refractivity contribution in [2.75, 3.05) is 25.1 Å². The molecule has 0 bridgehead atoms. The van der Waals surface area contributed by atoms with E-state index in [1.165, 1.54) is 0 Å². The zero-order valence-electron chi connectivity index (χ0n) is 15.5. The van der Waals surface area contributed by atoms with Gasteiger partial charge >= 0.3 is 6.03 Å². The lowest BCUT2D eigenvalue weighted by atomic mass is 10.2. The van der Waals surface area contributed by atoms with Crippen molar-refractivity contribution >= 4 is 11.7 Å². The van der Waals surface area contributed by atoms with Gasteiger partial charge in [-0.2, -0.15) is 0 Å². The average Bonchev–Trinajstić information content (AvgIpc) is 2.64. The van der Waals surface area contributed by atoms with E-state index in [-0.39, 0.29) is 6.03 Å². The van der Waals surface area contributed by atoms with Crippen molar-refractivity contribution in [1.82, 2.24) is 5.32 Å². The molecular formula is C20H26N2O4. The van der Waals surface area contributed by atoms with Crippen molar-refractivity contribution in [3.8, 4) is 17.2 Å². The second-order valence-corrected chi connectivity index (χ2v) is 5.41. The van der Waals surface area contributed by atoms with E-state index < -0.39 is 0 Å². The third-order valence-electron chi connectivity index (χ3n) is 3.49. The number of nitrogens with one attached hydrogen (secondary N) is 2. The Morgan fingerprint density at radius 3 is 2.15 bits per heavy atom. The van der Waals surface area contributed by atoms with Gasteiger partial charge in [0.1, 0.15) is 5.75 Å². The normalized spacial score (nSPS) is 10.1. The molecule has 0 aliphatic heterocycles. The highest BCUT2D eigenvalue weighted by molar-refractivity contribution is 5.89. The molecule has 0 aromatic heterocycles. The highest BCUT2D eigenvalue weighted by atomic mass is 16.5. The quantitative estimate of drug-likeness (QED) is 0.705. The molecular weight excluding hydrogens is 332 g/mol. The summed E-state index contributed by atoms with van der Waals surface area (Å²) in [5.41, 5.74) is 1.63. The van der Waals surface area contributed by atoms with Gasteiger partial charge in [-0.3, -0.25) is 0 Å². The summed E-state index contributed by atoms with van der Waals surface area (Å²) in [4.78, 5) is 12.1. The topological polar surface area (TPSA) is 68.8 Å². The van der Waals surface area contributed by atoms with Gasteiger partial charge in [0.25, 0.3) is 0 Å². The van der Waals surface area contributed by atoms with Crippen molar-refractivity contribution in [3.05, 3.63) is 48.0 Å². The van der Waals surface area contributed by atoms with Gasteiger partial charge < -0.3 is 24.8 Å². The standard InChI is InChI=1S/C20H26N2O4/c1-4-24-17-10-7-15(8-11-17)14-21-20(23)22-16-9-12-18(25-5-2)19(13-16)26-6-3/h7-13H,4-6,14H2,1-3H3,(H2,21,22,23). The van der Waals surface area contributed by atoms with E-state index in [0.717, 1.165) is 11.3 Å². The predicted octanol–water partition coefficient (Wildman–Crippen LogP) is 4.20. The fourth-order valence-electron chi connectivity index (χ4n) is 2.36. The molecule has 6 nitrogen and oxygen atoms in total. The molecule has 2 aromatic rings. The fraction of sp³-hybridized carbons (Fsp3) is 0.350. The predicted molar refractivity (Wildman–Crippen MR) is 102 cm³/mol. The van der Waals surface area contributed by atoms with Crippen LogP contribution in [0.1, 0.15) is 26.3 Å². The summed E-state index contributed by atoms with van der Waals surface area (Å²) in [6.45, 7) is 7.88. The number of hydrogen-bond acceptors (Lipinski definition) is 4. The largest absolute Gasteiger partial charge is 0.494 e. The molecule has 2 aromatic carbocycles. The van der Waals surface area contributed by atoms with Crippen LogP contribution in [0.15, 0.2) is 42.5 Å². The van der Waals surface area contributed by atoms with E-state index in [2.05, 4.69) is 10.6 Å². The number of hydrogen-bond donors (Lipinski definition) is 2. The van der Waals surface area contributed by atoms with E-state index in [4.69, 9.17) is 14.2 Å². The molecule has 0 fully saturated rings. The number of carbonyl (C=O) groups is 1. The van der Waals surface area contributed by atoms with Gasteiger partial charge in [0.2, 0.25) is 0 Å². The lowest BCUT2D eigenvalue weighted by molar-refractivity contribution is 0.251. The third-order valence-corrected chi connectivity index (χ3v) is 3.49. The maximum absolute atomic E-state index is 12.1. The van der Waals surface area contributed by atoms with Gasteiger partial charge in [0.15, 0.2) is 11.5 Å². The van der Waals surface area contributed by atoms with Crippen LogP contribution in [0.2, 0.25) is 0 Å². The zero-order chi connectivity index (χ0) is 18.8. The first-order valence-electron chi connectivity index (χ1n) is 8.82. The summed E-state index contributed by atoms with van der Waals surface area (Å²) in [6.07, 6.45) is 0. The summed E-state index contributed by atoms with van der Waals surface area (Å²) in [6, 6.07) is 12.7. The number of anilines is 1. The number of rotatable bonds is 9. The van der Waals surface area contributed by atoms with Crippen LogP contribution in [0.4, 0.5) is 10.5 Å². The molecule has 6 heteroatoms. The van der Waals surface area contributed by atoms with Gasteiger partial charge in [-0.15, -0.1) is 0 Å².